The second-order valence-corrected chi connectivity index (χ2v) is 5.49. The molecule has 0 N–H and O–H groups in total. The van der Waals surface area contributed by atoms with Gasteiger partial charge < -0.3 is 4.74 Å². The van der Waals surface area contributed by atoms with Gasteiger partial charge in [0.2, 0.25) is 0 Å². The number of para-hydroxylation sites is 1. The lowest BCUT2D eigenvalue weighted by Crippen LogP contribution is -2.05. The third-order valence-electron chi connectivity index (χ3n) is 3.32. The first-order valence-corrected chi connectivity index (χ1v) is 7.43. The van der Waals surface area contributed by atoms with Gasteiger partial charge in [-0.2, -0.15) is 5.10 Å². The molecule has 0 aliphatic carbocycles. The van der Waals surface area contributed by atoms with Crippen LogP contribution < -0.4 is 0 Å². The van der Waals surface area contributed by atoms with Crippen LogP contribution in [0.3, 0.4) is 0 Å². The summed E-state index contributed by atoms with van der Waals surface area (Å²) in [5.41, 5.74) is 3.35. The number of hydrogen-bond donors (Lipinski definition) is 0. The number of benzene rings is 1. The van der Waals surface area contributed by atoms with Crippen LogP contribution >= 0.6 is 11.5 Å². The summed E-state index contributed by atoms with van der Waals surface area (Å²) in [6.07, 6.45) is 0. The zero-order valence-corrected chi connectivity index (χ0v) is 13.2. The van der Waals surface area contributed by atoms with E-state index in [2.05, 4.69) is 14.7 Å². The molecule has 22 heavy (non-hydrogen) atoms. The molecule has 6 nitrogen and oxygen atoms in total. The van der Waals surface area contributed by atoms with Gasteiger partial charge in [-0.1, -0.05) is 22.7 Å². The van der Waals surface area contributed by atoms with Crippen LogP contribution in [0.4, 0.5) is 0 Å². The average molecular weight is 314 g/mol. The number of rotatable bonds is 3. The Hall–Kier alpha value is -2.54. The lowest BCUT2D eigenvalue weighted by molar-refractivity contribution is 0.0601. The van der Waals surface area contributed by atoms with E-state index < -0.39 is 5.97 Å². The Morgan fingerprint density at radius 3 is 2.50 bits per heavy atom. The second kappa shape index (κ2) is 5.69. The standard InChI is InChI=1S/C15H14N4O2S/c1-9-12(15(20)21-3)13(14-10(2)16-18-22-14)19(17-9)11-7-5-4-6-8-11/h4-8H,1-3H3. The van der Waals surface area contributed by atoms with Crippen molar-refractivity contribution in [1.82, 2.24) is 19.4 Å². The van der Waals surface area contributed by atoms with E-state index in [1.54, 1.807) is 11.6 Å². The first kappa shape index (κ1) is 14.4. The predicted molar refractivity (Wildman–Crippen MR) is 83.3 cm³/mol. The number of nitrogens with zero attached hydrogens (tertiary/aromatic N) is 4. The minimum Gasteiger partial charge on any atom is -0.465 e. The quantitative estimate of drug-likeness (QED) is 0.695. The summed E-state index contributed by atoms with van der Waals surface area (Å²) >= 11 is 1.24. The average Bonchev–Trinajstić information content (AvgIpc) is 3.10. The van der Waals surface area contributed by atoms with Crippen molar-refractivity contribution in [3.8, 4) is 16.3 Å². The van der Waals surface area contributed by atoms with Gasteiger partial charge in [-0.05, 0) is 37.5 Å². The van der Waals surface area contributed by atoms with Crippen molar-refractivity contribution in [2.24, 2.45) is 0 Å². The molecule has 0 spiro atoms. The number of ether oxygens (including phenoxy) is 1. The van der Waals surface area contributed by atoms with Gasteiger partial charge in [0.25, 0.3) is 0 Å². The van der Waals surface area contributed by atoms with Crippen LogP contribution in [0.25, 0.3) is 16.3 Å². The molecule has 1 aromatic carbocycles. The Kier molecular flexibility index (Phi) is 3.72. The summed E-state index contributed by atoms with van der Waals surface area (Å²) in [6.45, 7) is 3.65. The lowest BCUT2D eigenvalue weighted by Gasteiger charge is -2.07. The molecule has 0 bridgehead atoms. The van der Waals surface area contributed by atoms with E-state index in [0.717, 1.165) is 16.3 Å². The molecule has 3 rings (SSSR count). The van der Waals surface area contributed by atoms with Crippen LogP contribution in [0.5, 0.6) is 0 Å². The Morgan fingerprint density at radius 1 is 1.18 bits per heavy atom. The first-order valence-electron chi connectivity index (χ1n) is 6.66. The number of aromatic nitrogens is 4. The Morgan fingerprint density at radius 2 is 1.91 bits per heavy atom. The van der Waals surface area contributed by atoms with Crippen molar-refractivity contribution in [1.29, 1.82) is 0 Å². The highest BCUT2D eigenvalue weighted by Crippen LogP contribution is 2.33. The molecule has 0 atom stereocenters. The summed E-state index contributed by atoms with van der Waals surface area (Å²) in [7, 11) is 1.36. The molecular formula is C15H14N4O2S. The van der Waals surface area contributed by atoms with Crippen molar-refractivity contribution < 1.29 is 9.53 Å². The largest absolute Gasteiger partial charge is 0.465 e. The molecule has 2 aromatic heterocycles. The number of esters is 1. The Balaban J connectivity index is 2.32. The summed E-state index contributed by atoms with van der Waals surface area (Å²) in [6, 6.07) is 9.64. The van der Waals surface area contributed by atoms with Crippen LogP contribution in [-0.4, -0.2) is 32.4 Å². The SMILES string of the molecule is COC(=O)c1c(C)nn(-c2ccccc2)c1-c1snnc1C. The molecular weight excluding hydrogens is 300 g/mol. The molecule has 0 saturated carbocycles. The zero-order valence-electron chi connectivity index (χ0n) is 12.4. The predicted octanol–water partition coefficient (Wildman–Crippen LogP) is 2.79. The van der Waals surface area contributed by atoms with Gasteiger partial charge in [-0.25, -0.2) is 9.48 Å². The van der Waals surface area contributed by atoms with Crippen molar-refractivity contribution in [3.05, 3.63) is 47.3 Å². The van der Waals surface area contributed by atoms with Crippen LogP contribution in [-0.2, 0) is 4.74 Å². The summed E-state index contributed by atoms with van der Waals surface area (Å²) < 4.78 is 10.6. The van der Waals surface area contributed by atoms with Crippen molar-refractivity contribution >= 4 is 17.5 Å². The first-order chi connectivity index (χ1) is 10.6. The monoisotopic (exact) mass is 314 g/mol. The van der Waals surface area contributed by atoms with Crippen LogP contribution in [0.1, 0.15) is 21.7 Å². The normalized spacial score (nSPS) is 10.7. The van der Waals surface area contributed by atoms with Crippen molar-refractivity contribution in [2.45, 2.75) is 13.8 Å². The lowest BCUT2D eigenvalue weighted by atomic mass is 10.1. The molecule has 112 valence electrons. The van der Waals surface area contributed by atoms with E-state index in [4.69, 9.17) is 4.74 Å². The third kappa shape index (κ3) is 2.29. The molecule has 0 unspecified atom stereocenters. The summed E-state index contributed by atoms with van der Waals surface area (Å²) in [5, 5.41) is 8.55. The number of carbonyl (C=O) groups is 1. The third-order valence-corrected chi connectivity index (χ3v) is 4.15. The molecule has 0 aliphatic rings. The smallest absolute Gasteiger partial charge is 0.342 e. The maximum absolute atomic E-state index is 12.2. The second-order valence-electron chi connectivity index (χ2n) is 4.74. The Labute approximate surface area is 131 Å². The fourth-order valence-electron chi connectivity index (χ4n) is 2.29. The molecule has 0 fully saturated rings. The molecule has 0 aliphatic heterocycles. The Bertz CT molecular complexity index is 823. The van der Waals surface area contributed by atoms with Gasteiger partial charge in [0.1, 0.15) is 11.3 Å². The number of aryl methyl sites for hydroxylation is 2. The van der Waals surface area contributed by atoms with Crippen LogP contribution in [0, 0.1) is 13.8 Å². The van der Waals surface area contributed by atoms with Crippen LogP contribution in [0.2, 0.25) is 0 Å². The van der Waals surface area contributed by atoms with Crippen molar-refractivity contribution in [2.75, 3.05) is 7.11 Å². The van der Waals surface area contributed by atoms with E-state index in [1.165, 1.54) is 18.6 Å². The van der Waals surface area contributed by atoms with E-state index >= 15 is 0 Å². The highest BCUT2D eigenvalue weighted by Gasteiger charge is 2.26. The molecule has 0 radical (unpaired) electrons. The molecule has 0 amide bonds. The van der Waals surface area contributed by atoms with E-state index in [0.29, 0.717) is 17.0 Å². The van der Waals surface area contributed by atoms with E-state index in [1.807, 2.05) is 37.3 Å². The van der Waals surface area contributed by atoms with Gasteiger partial charge in [0, 0.05) is 0 Å². The minimum atomic E-state index is -0.414. The molecule has 0 saturated heterocycles. The van der Waals surface area contributed by atoms with E-state index in [9.17, 15) is 4.79 Å². The van der Waals surface area contributed by atoms with Crippen molar-refractivity contribution in [3.63, 3.8) is 0 Å². The molecule has 2 heterocycles. The number of methoxy groups -OCH3 is 1. The van der Waals surface area contributed by atoms with Gasteiger partial charge in [0.15, 0.2) is 0 Å². The number of carbonyl (C=O) groups excluding carboxylic acids is 1. The molecule has 3 aromatic rings. The zero-order chi connectivity index (χ0) is 15.7. The fraction of sp³-hybridized carbons (Fsp3) is 0.200. The minimum absolute atomic E-state index is 0.414. The highest BCUT2D eigenvalue weighted by molar-refractivity contribution is 7.09. The van der Waals surface area contributed by atoms with Crippen LogP contribution in [0.15, 0.2) is 30.3 Å². The summed E-state index contributed by atoms with van der Waals surface area (Å²) in [4.78, 5) is 13.0. The van der Waals surface area contributed by atoms with Gasteiger partial charge >= 0.3 is 5.97 Å². The van der Waals surface area contributed by atoms with Gasteiger partial charge in [-0.15, -0.1) is 5.10 Å². The fourth-order valence-corrected chi connectivity index (χ4v) is 2.98. The van der Waals surface area contributed by atoms with Gasteiger partial charge in [0.05, 0.1) is 29.1 Å². The summed E-state index contributed by atoms with van der Waals surface area (Å²) in [5.74, 6) is -0.414. The highest BCUT2D eigenvalue weighted by atomic mass is 32.1. The maximum Gasteiger partial charge on any atom is 0.342 e. The number of hydrogen-bond acceptors (Lipinski definition) is 6. The van der Waals surface area contributed by atoms with Gasteiger partial charge in [-0.3, -0.25) is 0 Å². The molecule has 7 heteroatoms. The topological polar surface area (TPSA) is 69.9 Å². The maximum atomic E-state index is 12.2. The van der Waals surface area contributed by atoms with E-state index in [-0.39, 0.29) is 0 Å².